The van der Waals surface area contributed by atoms with Gasteiger partial charge in [0.05, 0.1) is 5.02 Å². The van der Waals surface area contributed by atoms with Gasteiger partial charge in [0.25, 0.3) is 0 Å². The Bertz CT molecular complexity index is 665. The van der Waals surface area contributed by atoms with Gasteiger partial charge in [0.15, 0.2) is 5.78 Å². The van der Waals surface area contributed by atoms with Crippen LogP contribution in [0, 0.1) is 0 Å². The van der Waals surface area contributed by atoms with Gasteiger partial charge in [0, 0.05) is 12.0 Å². The maximum Gasteiger partial charge on any atom is 0.340 e. The van der Waals surface area contributed by atoms with Gasteiger partial charge < -0.3 is 10.2 Å². The van der Waals surface area contributed by atoms with Crippen LogP contribution in [0.15, 0.2) is 42.5 Å². The molecule has 5 heteroatoms. The number of aromatic carboxylic acids is 1. The van der Waals surface area contributed by atoms with E-state index in [2.05, 4.69) is 0 Å². The Morgan fingerprint density at radius 2 is 1.70 bits per heavy atom. The third-order valence-electron chi connectivity index (χ3n) is 2.85. The van der Waals surface area contributed by atoms with E-state index in [9.17, 15) is 14.7 Å². The predicted octanol–water partition coefficient (Wildman–Crippen LogP) is 3.17. The molecule has 0 atom stereocenters. The Hall–Kier alpha value is -2.33. The molecule has 0 bridgehead atoms. The summed E-state index contributed by atoms with van der Waals surface area (Å²) >= 11 is 5.67. The number of carboxylic acids is 1. The third kappa shape index (κ3) is 2.81. The number of benzene rings is 2. The topological polar surface area (TPSA) is 74.6 Å². The molecule has 0 unspecified atom stereocenters. The lowest BCUT2D eigenvalue weighted by atomic mass is 9.98. The van der Waals surface area contributed by atoms with Crippen LogP contribution in [0.5, 0.6) is 5.75 Å². The van der Waals surface area contributed by atoms with Gasteiger partial charge in [-0.2, -0.15) is 0 Å². The normalized spacial score (nSPS) is 10.2. The molecule has 0 radical (unpaired) electrons. The van der Waals surface area contributed by atoms with Crippen molar-refractivity contribution in [3.8, 4) is 5.75 Å². The molecule has 20 heavy (non-hydrogen) atoms. The van der Waals surface area contributed by atoms with Crippen molar-refractivity contribution in [1.82, 2.24) is 0 Å². The molecule has 0 saturated heterocycles. The first-order chi connectivity index (χ1) is 9.50. The number of aromatic hydroxyl groups is 1. The Morgan fingerprint density at radius 1 is 1.05 bits per heavy atom. The highest BCUT2D eigenvalue weighted by Gasteiger charge is 2.22. The highest BCUT2D eigenvalue weighted by atomic mass is 35.5. The quantitative estimate of drug-likeness (QED) is 0.848. The molecule has 0 spiro atoms. The standard InChI is InChI=1S/C15H11ClO4/c16-11-7-6-10(13(14(11)18)15(19)20)12(17)8-9-4-2-1-3-5-9/h1-7,18H,8H2,(H,19,20). The van der Waals surface area contributed by atoms with Crippen molar-refractivity contribution in [1.29, 1.82) is 0 Å². The predicted molar refractivity (Wildman–Crippen MR) is 74.6 cm³/mol. The van der Waals surface area contributed by atoms with Crippen LogP contribution in [0.2, 0.25) is 5.02 Å². The van der Waals surface area contributed by atoms with E-state index >= 15 is 0 Å². The maximum absolute atomic E-state index is 12.2. The second-order valence-electron chi connectivity index (χ2n) is 4.21. The lowest BCUT2D eigenvalue weighted by Gasteiger charge is -2.08. The van der Waals surface area contributed by atoms with Crippen molar-refractivity contribution >= 4 is 23.4 Å². The minimum absolute atomic E-state index is 0.0525. The van der Waals surface area contributed by atoms with Gasteiger partial charge in [-0.25, -0.2) is 4.79 Å². The number of ketones is 1. The Labute approximate surface area is 120 Å². The number of carbonyl (C=O) groups is 2. The number of halogens is 1. The summed E-state index contributed by atoms with van der Waals surface area (Å²) in [7, 11) is 0. The summed E-state index contributed by atoms with van der Waals surface area (Å²) in [6.45, 7) is 0. The van der Waals surface area contributed by atoms with E-state index in [1.165, 1.54) is 12.1 Å². The minimum atomic E-state index is -1.39. The molecule has 0 heterocycles. The lowest BCUT2D eigenvalue weighted by Crippen LogP contribution is -2.11. The van der Waals surface area contributed by atoms with Crippen LogP contribution in [0.1, 0.15) is 26.3 Å². The van der Waals surface area contributed by atoms with Crippen molar-refractivity contribution in [2.45, 2.75) is 6.42 Å². The van der Waals surface area contributed by atoms with E-state index in [-0.39, 0.29) is 22.8 Å². The van der Waals surface area contributed by atoms with Crippen molar-refractivity contribution < 1.29 is 19.8 Å². The minimum Gasteiger partial charge on any atom is -0.505 e. The second kappa shape index (κ2) is 5.75. The third-order valence-corrected chi connectivity index (χ3v) is 3.16. The Balaban J connectivity index is 2.40. The van der Waals surface area contributed by atoms with Crippen LogP contribution in [-0.4, -0.2) is 22.0 Å². The molecule has 0 aromatic heterocycles. The zero-order valence-electron chi connectivity index (χ0n) is 10.3. The first-order valence-electron chi connectivity index (χ1n) is 5.82. The highest BCUT2D eigenvalue weighted by Crippen LogP contribution is 2.30. The van der Waals surface area contributed by atoms with Gasteiger partial charge in [-0.1, -0.05) is 41.9 Å². The van der Waals surface area contributed by atoms with Crippen molar-refractivity contribution in [2.24, 2.45) is 0 Å². The number of Topliss-reactive ketones (excluding diaryl/α,β-unsaturated/α-hetero) is 1. The summed E-state index contributed by atoms with van der Waals surface area (Å²) in [5.41, 5.74) is 0.255. The maximum atomic E-state index is 12.2. The first-order valence-corrected chi connectivity index (χ1v) is 6.20. The fraction of sp³-hybridized carbons (Fsp3) is 0.0667. The van der Waals surface area contributed by atoms with Crippen molar-refractivity contribution in [2.75, 3.05) is 0 Å². The van der Waals surface area contributed by atoms with Crippen LogP contribution < -0.4 is 0 Å². The zero-order chi connectivity index (χ0) is 14.7. The lowest BCUT2D eigenvalue weighted by molar-refractivity contribution is 0.0688. The SMILES string of the molecule is O=C(Cc1ccccc1)c1ccc(Cl)c(O)c1C(=O)O. The summed E-state index contributed by atoms with van der Waals surface area (Å²) in [6, 6.07) is 11.6. The molecule has 0 aliphatic rings. The van der Waals surface area contributed by atoms with Gasteiger partial charge in [0.2, 0.25) is 0 Å². The molecule has 2 aromatic rings. The molecule has 4 nitrogen and oxygen atoms in total. The Kier molecular flexibility index (Phi) is 4.05. The van der Waals surface area contributed by atoms with Gasteiger partial charge >= 0.3 is 5.97 Å². The summed E-state index contributed by atoms with van der Waals surface area (Å²) in [5.74, 6) is -2.36. The average molecular weight is 291 g/mol. The zero-order valence-corrected chi connectivity index (χ0v) is 11.1. The molecule has 102 valence electrons. The van der Waals surface area contributed by atoms with Crippen molar-refractivity contribution in [3.63, 3.8) is 0 Å². The highest BCUT2D eigenvalue weighted by molar-refractivity contribution is 6.33. The van der Waals surface area contributed by atoms with Gasteiger partial charge in [-0.05, 0) is 17.7 Å². The molecular formula is C15H11ClO4. The molecule has 2 rings (SSSR count). The molecule has 0 aliphatic carbocycles. The number of carbonyl (C=O) groups excluding carboxylic acids is 1. The molecule has 2 aromatic carbocycles. The number of carboxylic acid groups (broad SMARTS) is 1. The van der Waals surface area contributed by atoms with E-state index < -0.39 is 17.3 Å². The molecule has 0 aliphatic heterocycles. The second-order valence-corrected chi connectivity index (χ2v) is 4.62. The largest absolute Gasteiger partial charge is 0.505 e. The summed E-state index contributed by atoms with van der Waals surface area (Å²) < 4.78 is 0. The molecule has 0 fully saturated rings. The molecule has 0 saturated carbocycles. The summed E-state index contributed by atoms with van der Waals surface area (Å²) in [5, 5.41) is 18.7. The number of hydrogen-bond acceptors (Lipinski definition) is 3. The molecular weight excluding hydrogens is 280 g/mol. The monoisotopic (exact) mass is 290 g/mol. The van der Waals surface area contributed by atoms with E-state index in [0.29, 0.717) is 0 Å². The summed E-state index contributed by atoms with van der Waals surface area (Å²) in [4.78, 5) is 23.4. The van der Waals surface area contributed by atoms with Gasteiger partial charge in [-0.15, -0.1) is 0 Å². The van der Waals surface area contributed by atoms with Crippen LogP contribution in [0.25, 0.3) is 0 Å². The molecule has 2 N–H and O–H groups in total. The van der Waals surface area contributed by atoms with Gasteiger partial charge in [-0.3, -0.25) is 4.79 Å². The average Bonchev–Trinajstić information content (AvgIpc) is 2.42. The number of rotatable bonds is 4. The van der Waals surface area contributed by atoms with E-state index in [4.69, 9.17) is 16.7 Å². The fourth-order valence-electron chi connectivity index (χ4n) is 1.89. The molecule has 0 amide bonds. The van der Waals surface area contributed by atoms with Crippen LogP contribution in [-0.2, 0) is 6.42 Å². The van der Waals surface area contributed by atoms with E-state index in [1.54, 1.807) is 24.3 Å². The Morgan fingerprint density at radius 3 is 2.30 bits per heavy atom. The number of phenols is 1. The van der Waals surface area contributed by atoms with E-state index in [1.807, 2.05) is 6.07 Å². The summed E-state index contributed by atoms with van der Waals surface area (Å²) in [6.07, 6.45) is 0.0577. The van der Waals surface area contributed by atoms with Crippen molar-refractivity contribution in [3.05, 3.63) is 64.2 Å². The van der Waals surface area contributed by atoms with Gasteiger partial charge in [0.1, 0.15) is 11.3 Å². The van der Waals surface area contributed by atoms with Crippen LogP contribution in [0.4, 0.5) is 0 Å². The fourth-order valence-corrected chi connectivity index (χ4v) is 2.05. The number of hydrogen-bond donors (Lipinski definition) is 2. The van der Waals surface area contributed by atoms with E-state index in [0.717, 1.165) is 5.56 Å². The first kappa shape index (κ1) is 14.1. The van der Waals surface area contributed by atoms with Crippen LogP contribution in [0.3, 0.4) is 0 Å². The van der Waals surface area contributed by atoms with Crippen LogP contribution >= 0.6 is 11.6 Å². The smallest absolute Gasteiger partial charge is 0.340 e.